The Labute approximate surface area is 134 Å². The van der Waals surface area contributed by atoms with Crippen LogP contribution in [-0.2, 0) is 4.79 Å². The lowest BCUT2D eigenvalue weighted by molar-refractivity contribution is -0.384. The van der Waals surface area contributed by atoms with Crippen LogP contribution in [0, 0.1) is 10.1 Å². The number of benzene rings is 2. The summed E-state index contributed by atoms with van der Waals surface area (Å²) >= 11 is 0. The third-order valence-electron chi connectivity index (χ3n) is 3.53. The van der Waals surface area contributed by atoms with Gasteiger partial charge in [0.05, 0.1) is 4.92 Å². The molecule has 0 saturated carbocycles. The maximum Gasteiger partial charge on any atom is 0.326 e. The van der Waals surface area contributed by atoms with Crippen LogP contribution in [0.4, 0.5) is 17.1 Å². The van der Waals surface area contributed by atoms with Crippen LogP contribution in [0.3, 0.4) is 0 Å². The molecule has 2 rings (SSSR count). The Morgan fingerprint density at radius 1 is 1.13 bits per heavy atom. The molecule has 1 atom stereocenters. The number of nitro groups is 1. The number of hydrogen-bond donors (Lipinski definition) is 1. The van der Waals surface area contributed by atoms with Crippen LogP contribution in [-0.4, -0.2) is 22.0 Å². The summed E-state index contributed by atoms with van der Waals surface area (Å²) in [5.41, 5.74) is 1.33. The van der Waals surface area contributed by atoms with E-state index < -0.39 is 16.9 Å². The molecule has 0 aliphatic heterocycles. The van der Waals surface area contributed by atoms with Gasteiger partial charge in [-0.2, -0.15) is 0 Å². The van der Waals surface area contributed by atoms with Crippen molar-refractivity contribution >= 4 is 23.0 Å². The highest BCUT2D eigenvalue weighted by Crippen LogP contribution is 2.30. The number of carboxylic acids is 1. The maximum atomic E-state index is 11.7. The zero-order valence-electron chi connectivity index (χ0n) is 12.8. The molecule has 120 valence electrons. The smallest absolute Gasteiger partial charge is 0.326 e. The van der Waals surface area contributed by atoms with Gasteiger partial charge in [-0.3, -0.25) is 10.1 Å². The van der Waals surface area contributed by atoms with Crippen LogP contribution >= 0.6 is 0 Å². The van der Waals surface area contributed by atoms with E-state index in [1.807, 2.05) is 37.3 Å². The first-order chi connectivity index (χ1) is 11.0. The summed E-state index contributed by atoms with van der Waals surface area (Å²) in [5, 5.41) is 20.4. The van der Waals surface area contributed by atoms with Gasteiger partial charge < -0.3 is 10.0 Å². The number of aliphatic carboxylic acids is 1. The summed E-state index contributed by atoms with van der Waals surface area (Å²) in [7, 11) is 0. The second-order valence-corrected chi connectivity index (χ2v) is 5.12. The van der Waals surface area contributed by atoms with E-state index in [0.717, 1.165) is 5.69 Å². The van der Waals surface area contributed by atoms with E-state index in [0.29, 0.717) is 18.5 Å². The monoisotopic (exact) mass is 314 g/mol. The van der Waals surface area contributed by atoms with Gasteiger partial charge in [-0.1, -0.05) is 31.5 Å². The van der Waals surface area contributed by atoms with E-state index in [1.54, 1.807) is 17.0 Å². The van der Waals surface area contributed by atoms with Gasteiger partial charge in [-0.25, -0.2) is 4.79 Å². The van der Waals surface area contributed by atoms with Crippen LogP contribution in [0.5, 0.6) is 0 Å². The van der Waals surface area contributed by atoms with E-state index in [9.17, 15) is 20.0 Å². The van der Waals surface area contributed by atoms with Crippen LogP contribution < -0.4 is 4.90 Å². The normalized spacial score (nSPS) is 11.7. The van der Waals surface area contributed by atoms with E-state index >= 15 is 0 Å². The van der Waals surface area contributed by atoms with Crippen molar-refractivity contribution in [1.29, 1.82) is 0 Å². The lowest BCUT2D eigenvalue weighted by Gasteiger charge is -2.31. The summed E-state index contributed by atoms with van der Waals surface area (Å²) in [6.07, 6.45) is 1.19. The highest BCUT2D eigenvalue weighted by molar-refractivity contribution is 5.82. The molecule has 6 heteroatoms. The molecule has 0 radical (unpaired) electrons. The summed E-state index contributed by atoms with van der Waals surface area (Å²) < 4.78 is 0. The minimum atomic E-state index is -0.922. The Morgan fingerprint density at radius 2 is 1.70 bits per heavy atom. The lowest BCUT2D eigenvalue weighted by Crippen LogP contribution is -2.38. The van der Waals surface area contributed by atoms with Crippen LogP contribution in [0.15, 0.2) is 54.6 Å². The number of non-ortho nitro benzene ring substituents is 1. The molecular formula is C17H18N2O4. The van der Waals surface area contributed by atoms with Crippen molar-refractivity contribution in [2.45, 2.75) is 25.8 Å². The molecule has 6 nitrogen and oxygen atoms in total. The van der Waals surface area contributed by atoms with Crippen molar-refractivity contribution in [3.05, 3.63) is 64.7 Å². The average molecular weight is 314 g/mol. The van der Waals surface area contributed by atoms with E-state index in [-0.39, 0.29) is 5.69 Å². The van der Waals surface area contributed by atoms with Crippen LogP contribution in [0.1, 0.15) is 19.8 Å². The third-order valence-corrected chi connectivity index (χ3v) is 3.53. The summed E-state index contributed by atoms with van der Waals surface area (Å²) in [6, 6.07) is 14.4. The number of carbonyl (C=O) groups is 1. The Balaban J connectivity index is 2.48. The topological polar surface area (TPSA) is 83.7 Å². The fourth-order valence-corrected chi connectivity index (χ4v) is 2.47. The van der Waals surface area contributed by atoms with Crippen molar-refractivity contribution in [2.24, 2.45) is 0 Å². The molecule has 23 heavy (non-hydrogen) atoms. The highest BCUT2D eigenvalue weighted by Gasteiger charge is 2.26. The fourth-order valence-electron chi connectivity index (χ4n) is 2.47. The van der Waals surface area contributed by atoms with Crippen LogP contribution in [0.25, 0.3) is 0 Å². The third kappa shape index (κ3) is 3.85. The molecule has 0 aromatic heterocycles. The van der Waals surface area contributed by atoms with Gasteiger partial charge >= 0.3 is 5.97 Å². The highest BCUT2D eigenvalue weighted by atomic mass is 16.6. The van der Waals surface area contributed by atoms with Crippen molar-refractivity contribution in [1.82, 2.24) is 0 Å². The quantitative estimate of drug-likeness (QED) is 0.617. The largest absolute Gasteiger partial charge is 0.480 e. The minimum absolute atomic E-state index is 0.0240. The van der Waals surface area contributed by atoms with Gasteiger partial charge in [-0.15, -0.1) is 0 Å². The van der Waals surface area contributed by atoms with Crippen molar-refractivity contribution in [3.8, 4) is 0 Å². The molecule has 2 aromatic carbocycles. The van der Waals surface area contributed by atoms with Gasteiger partial charge in [0.15, 0.2) is 0 Å². The molecule has 2 aromatic rings. The Hall–Kier alpha value is -2.89. The summed E-state index contributed by atoms with van der Waals surface area (Å²) in [4.78, 5) is 23.7. The predicted octanol–water partition coefficient (Wildman–Crippen LogP) is 3.99. The van der Waals surface area contributed by atoms with Crippen molar-refractivity contribution in [2.75, 3.05) is 4.90 Å². The van der Waals surface area contributed by atoms with Gasteiger partial charge in [0.2, 0.25) is 0 Å². The van der Waals surface area contributed by atoms with Gasteiger partial charge in [0, 0.05) is 23.5 Å². The SMILES string of the molecule is CCCC(C(=O)O)N(c1ccccc1)c1ccc([N+](=O)[O-])cc1. The first kappa shape index (κ1) is 16.5. The zero-order chi connectivity index (χ0) is 16.8. The standard InChI is InChI=1S/C17H18N2O4/c1-2-6-16(17(20)21)18(13-7-4-3-5-8-13)14-9-11-15(12-10-14)19(22)23/h3-5,7-12,16H,2,6H2,1H3,(H,20,21). The van der Waals surface area contributed by atoms with E-state index in [2.05, 4.69) is 0 Å². The molecule has 0 aliphatic rings. The molecule has 0 aliphatic carbocycles. The van der Waals surface area contributed by atoms with E-state index in [1.165, 1.54) is 12.1 Å². The first-order valence-electron chi connectivity index (χ1n) is 7.36. The number of rotatable bonds is 7. The number of anilines is 2. The Bertz CT molecular complexity index is 671. The van der Waals surface area contributed by atoms with Gasteiger partial charge in [-0.05, 0) is 30.7 Å². The van der Waals surface area contributed by atoms with E-state index in [4.69, 9.17) is 0 Å². The van der Waals surface area contributed by atoms with Gasteiger partial charge in [0.1, 0.15) is 6.04 Å². The molecule has 0 spiro atoms. The molecular weight excluding hydrogens is 296 g/mol. The van der Waals surface area contributed by atoms with Gasteiger partial charge in [0.25, 0.3) is 5.69 Å². The second kappa shape index (κ2) is 7.40. The number of nitrogens with zero attached hydrogens (tertiary/aromatic N) is 2. The maximum absolute atomic E-state index is 11.7. The molecule has 0 saturated heterocycles. The Kier molecular flexibility index (Phi) is 5.30. The first-order valence-corrected chi connectivity index (χ1v) is 7.36. The molecule has 1 N–H and O–H groups in total. The molecule has 0 amide bonds. The van der Waals surface area contributed by atoms with Crippen molar-refractivity contribution in [3.63, 3.8) is 0 Å². The summed E-state index contributed by atoms with van der Waals surface area (Å²) in [5.74, 6) is -0.922. The number of nitro benzene ring substituents is 1. The second-order valence-electron chi connectivity index (χ2n) is 5.12. The minimum Gasteiger partial charge on any atom is -0.480 e. The fraction of sp³-hybridized carbons (Fsp3) is 0.235. The molecule has 0 bridgehead atoms. The zero-order valence-corrected chi connectivity index (χ0v) is 12.8. The summed E-state index contributed by atoms with van der Waals surface area (Å²) in [6.45, 7) is 1.93. The number of para-hydroxylation sites is 1. The molecule has 0 fully saturated rings. The Morgan fingerprint density at radius 3 is 2.17 bits per heavy atom. The average Bonchev–Trinajstić information content (AvgIpc) is 2.55. The lowest BCUT2D eigenvalue weighted by atomic mass is 10.1. The molecule has 1 unspecified atom stereocenters. The number of hydrogen-bond acceptors (Lipinski definition) is 4. The van der Waals surface area contributed by atoms with Crippen LogP contribution in [0.2, 0.25) is 0 Å². The number of carboxylic acid groups (broad SMARTS) is 1. The predicted molar refractivity (Wildman–Crippen MR) is 88.0 cm³/mol. The molecule has 0 heterocycles. The van der Waals surface area contributed by atoms with Crippen molar-refractivity contribution < 1.29 is 14.8 Å².